The van der Waals surface area contributed by atoms with Gasteiger partial charge in [-0.05, 0) is 19.8 Å². The molecule has 1 N–H and O–H groups in total. The fourth-order valence-corrected chi connectivity index (χ4v) is 1.63. The van der Waals surface area contributed by atoms with E-state index in [-0.39, 0.29) is 5.91 Å². The smallest absolute Gasteiger partial charge is 0.237 e. The van der Waals surface area contributed by atoms with Gasteiger partial charge in [-0.2, -0.15) is 0 Å². The first-order valence-corrected chi connectivity index (χ1v) is 5.08. The Labute approximate surface area is 78.7 Å². The number of carbonyl (C=O) groups excluding carboxylic acids is 1. The number of carbonyl (C=O) groups is 1. The summed E-state index contributed by atoms with van der Waals surface area (Å²) in [5.41, 5.74) is 0. The van der Waals surface area contributed by atoms with Crippen molar-refractivity contribution in [1.82, 2.24) is 5.32 Å². The average Bonchev–Trinajstić information content (AvgIpc) is 2.06. The number of rotatable bonds is 2. The SMILES string of the molecule is CC(Cl)C(=O)NC1CCCCC1. The average molecular weight is 190 g/mol. The molecule has 0 saturated heterocycles. The van der Waals surface area contributed by atoms with E-state index in [9.17, 15) is 4.79 Å². The van der Waals surface area contributed by atoms with E-state index >= 15 is 0 Å². The molecule has 1 amide bonds. The third kappa shape index (κ3) is 3.02. The van der Waals surface area contributed by atoms with E-state index in [1.54, 1.807) is 6.92 Å². The van der Waals surface area contributed by atoms with Crippen molar-refractivity contribution in [1.29, 1.82) is 0 Å². The minimum Gasteiger partial charge on any atom is -0.352 e. The van der Waals surface area contributed by atoms with Crippen molar-refractivity contribution in [2.24, 2.45) is 0 Å². The van der Waals surface area contributed by atoms with Crippen LogP contribution in [0.25, 0.3) is 0 Å². The maximum atomic E-state index is 11.2. The summed E-state index contributed by atoms with van der Waals surface area (Å²) in [5, 5.41) is 2.55. The Morgan fingerprint density at radius 2 is 2.00 bits per heavy atom. The second-order valence-electron chi connectivity index (χ2n) is 3.46. The number of alkyl halides is 1. The Morgan fingerprint density at radius 3 is 2.50 bits per heavy atom. The molecule has 70 valence electrons. The first kappa shape index (κ1) is 9.85. The minimum atomic E-state index is -0.396. The molecular weight excluding hydrogens is 174 g/mol. The Kier molecular flexibility index (Phi) is 3.86. The van der Waals surface area contributed by atoms with Gasteiger partial charge in [0.1, 0.15) is 5.38 Å². The quantitative estimate of drug-likeness (QED) is 0.662. The van der Waals surface area contributed by atoms with E-state index < -0.39 is 5.38 Å². The summed E-state index contributed by atoms with van der Waals surface area (Å²) in [5.74, 6) is -0.0245. The van der Waals surface area contributed by atoms with Gasteiger partial charge < -0.3 is 5.32 Å². The molecule has 0 bridgehead atoms. The summed E-state index contributed by atoms with van der Waals surface area (Å²) in [4.78, 5) is 11.2. The summed E-state index contributed by atoms with van der Waals surface area (Å²) in [6.45, 7) is 1.71. The highest BCUT2D eigenvalue weighted by molar-refractivity contribution is 6.30. The zero-order valence-corrected chi connectivity index (χ0v) is 8.23. The van der Waals surface area contributed by atoms with Gasteiger partial charge in [-0.1, -0.05) is 19.3 Å². The lowest BCUT2D eigenvalue weighted by Crippen LogP contribution is -2.39. The molecule has 1 saturated carbocycles. The monoisotopic (exact) mass is 189 g/mol. The Bertz CT molecular complexity index is 153. The summed E-state index contributed by atoms with van der Waals surface area (Å²) >= 11 is 5.64. The molecule has 1 unspecified atom stereocenters. The molecule has 0 spiro atoms. The topological polar surface area (TPSA) is 29.1 Å². The summed E-state index contributed by atoms with van der Waals surface area (Å²) in [6.07, 6.45) is 6.02. The molecule has 0 radical (unpaired) electrons. The molecule has 0 aromatic carbocycles. The van der Waals surface area contributed by atoms with Crippen LogP contribution in [0.3, 0.4) is 0 Å². The lowest BCUT2D eigenvalue weighted by molar-refractivity contribution is -0.121. The third-order valence-electron chi connectivity index (χ3n) is 2.31. The minimum absolute atomic E-state index is 0.0245. The van der Waals surface area contributed by atoms with Crippen molar-refractivity contribution in [3.05, 3.63) is 0 Å². The summed E-state index contributed by atoms with van der Waals surface area (Å²) in [7, 11) is 0. The van der Waals surface area contributed by atoms with Crippen LogP contribution in [0.4, 0.5) is 0 Å². The lowest BCUT2D eigenvalue weighted by Gasteiger charge is -2.23. The number of hydrogen-bond acceptors (Lipinski definition) is 1. The first-order chi connectivity index (χ1) is 5.70. The van der Waals surface area contributed by atoms with Gasteiger partial charge in [0, 0.05) is 6.04 Å². The molecule has 0 heterocycles. The van der Waals surface area contributed by atoms with Crippen LogP contribution in [0.2, 0.25) is 0 Å². The number of nitrogens with one attached hydrogen (secondary N) is 1. The highest BCUT2D eigenvalue weighted by Gasteiger charge is 2.17. The van der Waals surface area contributed by atoms with Crippen LogP contribution in [-0.2, 0) is 4.79 Å². The van der Waals surface area contributed by atoms with E-state index in [1.807, 2.05) is 0 Å². The van der Waals surface area contributed by atoms with Crippen LogP contribution in [0, 0.1) is 0 Å². The second kappa shape index (κ2) is 4.70. The van der Waals surface area contributed by atoms with Crippen LogP contribution < -0.4 is 5.32 Å². The molecule has 0 aromatic rings. The number of hydrogen-bond donors (Lipinski definition) is 1. The van der Waals surface area contributed by atoms with Gasteiger partial charge in [-0.3, -0.25) is 4.79 Å². The maximum Gasteiger partial charge on any atom is 0.237 e. The van der Waals surface area contributed by atoms with Crippen molar-refractivity contribution < 1.29 is 4.79 Å². The number of amides is 1. The van der Waals surface area contributed by atoms with E-state index in [0.717, 1.165) is 12.8 Å². The van der Waals surface area contributed by atoms with E-state index in [1.165, 1.54) is 19.3 Å². The van der Waals surface area contributed by atoms with Gasteiger partial charge in [-0.15, -0.1) is 11.6 Å². The lowest BCUT2D eigenvalue weighted by atomic mass is 9.95. The third-order valence-corrected chi connectivity index (χ3v) is 2.51. The van der Waals surface area contributed by atoms with Crippen molar-refractivity contribution in [2.45, 2.75) is 50.4 Å². The Morgan fingerprint density at radius 1 is 1.42 bits per heavy atom. The van der Waals surface area contributed by atoms with Crippen LogP contribution >= 0.6 is 11.6 Å². The van der Waals surface area contributed by atoms with Gasteiger partial charge >= 0.3 is 0 Å². The highest BCUT2D eigenvalue weighted by Crippen LogP contribution is 2.17. The molecule has 1 aliphatic carbocycles. The van der Waals surface area contributed by atoms with Crippen LogP contribution in [0.5, 0.6) is 0 Å². The predicted octanol–water partition coefficient (Wildman–Crippen LogP) is 2.06. The Hall–Kier alpha value is -0.240. The second-order valence-corrected chi connectivity index (χ2v) is 4.11. The predicted molar refractivity (Wildman–Crippen MR) is 50.3 cm³/mol. The molecule has 1 rings (SSSR count). The number of halogens is 1. The zero-order valence-electron chi connectivity index (χ0n) is 7.48. The standard InChI is InChI=1S/C9H16ClNO/c1-7(10)9(12)11-8-5-3-2-4-6-8/h7-8H,2-6H2,1H3,(H,11,12). The normalized spacial score (nSPS) is 21.8. The van der Waals surface area contributed by atoms with Gasteiger partial charge in [0.05, 0.1) is 0 Å². The van der Waals surface area contributed by atoms with Gasteiger partial charge in [0.15, 0.2) is 0 Å². The zero-order chi connectivity index (χ0) is 8.97. The van der Waals surface area contributed by atoms with Crippen molar-refractivity contribution in [2.75, 3.05) is 0 Å². The largest absolute Gasteiger partial charge is 0.352 e. The molecule has 1 atom stereocenters. The van der Waals surface area contributed by atoms with E-state index in [0.29, 0.717) is 6.04 Å². The molecule has 12 heavy (non-hydrogen) atoms. The van der Waals surface area contributed by atoms with Gasteiger partial charge in [0.2, 0.25) is 5.91 Å². The first-order valence-electron chi connectivity index (χ1n) is 4.64. The molecular formula is C9H16ClNO. The highest BCUT2D eigenvalue weighted by atomic mass is 35.5. The molecule has 1 fully saturated rings. The molecule has 0 aliphatic heterocycles. The van der Waals surface area contributed by atoms with Crippen LogP contribution in [-0.4, -0.2) is 17.3 Å². The van der Waals surface area contributed by atoms with Crippen molar-refractivity contribution in [3.63, 3.8) is 0 Å². The fraction of sp³-hybridized carbons (Fsp3) is 0.889. The van der Waals surface area contributed by atoms with E-state index in [4.69, 9.17) is 11.6 Å². The molecule has 0 aromatic heterocycles. The van der Waals surface area contributed by atoms with Gasteiger partial charge in [0.25, 0.3) is 0 Å². The molecule has 2 nitrogen and oxygen atoms in total. The van der Waals surface area contributed by atoms with Crippen molar-refractivity contribution in [3.8, 4) is 0 Å². The summed E-state index contributed by atoms with van der Waals surface area (Å²) < 4.78 is 0. The molecule has 1 aliphatic rings. The molecule has 3 heteroatoms. The van der Waals surface area contributed by atoms with E-state index in [2.05, 4.69) is 5.32 Å². The maximum absolute atomic E-state index is 11.2. The van der Waals surface area contributed by atoms with Crippen molar-refractivity contribution >= 4 is 17.5 Å². The van der Waals surface area contributed by atoms with Crippen LogP contribution in [0.1, 0.15) is 39.0 Å². The van der Waals surface area contributed by atoms with Crippen LogP contribution in [0.15, 0.2) is 0 Å². The Balaban J connectivity index is 2.24. The van der Waals surface area contributed by atoms with Gasteiger partial charge in [-0.25, -0.2) is 0 Å². The summed E-state index contributed by atoms with van der Waals surface area (Å²) in [6, 6.07) is 0.382. The fourth-order valence-electron chi connectivity index (χ4n) is 1.56.